The van der Waals surface area contributed by atoms with Gasteiger partial charge in [0.25, 0.3) is 5.56 Å². The van der Waals surface area contributed by atoms with Gasteiger partial charge in [0.05, 0.1) is 19.3 Å². The summed E-state index contributed by atoms with van der Waals surface area (Å²) in [7, 11) is 0. The minimum atomic E-state index is -0.287. The van der Waals surface area contributed by atoms with Gasteiger partial charge in [0.2, 0.25) is 0 Å². The van der Waals surface area contributed by atoms with Crippen LogP contribution in [-0.2, 0) is 6.54 Å². The number of halogens is 1. The molecule has 0 aliphatic carbocycles. The van der Waals surface area contributed by atoms with E-state index >= 15 is 0 Å². The van der Waals surface area contributed by atoms with E-state index in [1.54, 1.807) is 0 Å². The van der Waals surface area contributed by atoms with Crippen LogP contribution in [0.1, 0.15) is 19.3 Å². The van der Waals surface area contributed by atoms with E-state index in [4.69, 9.17) is 16.7 Å². The van der Waals surface area contributed by atoms with Crippen molar-refractivity contribution in [3.63, 3.8) is 0 Å². The first-order chi connectivity index (χ1) is 9.72. The smallest absolute Gasteiger partial charge is 0.294 e. The van der Waals surface area contributed by atoms with Crippen LogP contribution in [0.5, 0.6) is 0 Å². The van der Waals surface area contributed by atoms with Crippen LogP contribution in [0.3, 0.4) is 0 Å². The standard InChI is InChI=1S/C13H21ClN4O2/c14-11-10-16-12(13(20)18(11)8-9-19)15-4-7-17-5-2-1-3-6-17/h10,19H,1-9H2,(H,15,16). The number of nitrogens with one attached hydrogen (secondary N) is 1. The van der Waals surface area contributed by atoms with Crippen molar-refractivity contribution in [2.75, 3.05) is 38.1 Å². The molecule has 0 saturated carbocycles. The second kappa shape index (κ2) is 7.61. The normalized spacial score (nSPS) is 16.3. The van der Waals surface area contributed by atoms with Gasteiger partial charge in [-0.2, -0.15) is 0 Å². The molecule has 6 nitrogen and oxygen atoms in total. The number of aliphatic hydroxyl groups is 1. The van der Waals surface area contributed by atoms with Gasteiger partial charge >= 0.3 is 0 Å². The third kappa shape index (κ3) is 3.94. The molecule has 1 aromatic heterocycles. The van der Waals surface area contributed by atoms with Gasteiger partial charge in [0, 0.05) is 13.1 Å². The third-order valence-electron chi connectivity index (χ3n) is 3.50. The van der Waals surface area contributed by atoms with Crippen LogP contribution in [0.4, 0.5) is 5.82 Å². The summed E-state index contributed by atoms with van der Waals surface area (Å²) in [4.78, 5) is 18.5. The minimum absolute atomic E-state index is 0.128. The first-order valence-electron chi connectivity index (χ1n) is 7.05. The Morgan fingerprint density at radius 2 is 2.05 bits per heavy atom. The fourth-order valence-corrected chi connectivity index (χ4v) is 2.62. The Morgan fingerprint density at radius 1 is 1.30 bits per heavy atom. The van der Waals surface area contributed by atoms with Crippen molar-refractivity contribution in [2.45, 2.75) is 25.8 Å². The number of hydrogen-bond donors (Lipinski definition) is 2. The van der Waals surface area contributed by atoms with E-state index in [0.717, 1.165) is 19.6 Å². The van der Waals surface area contributed by atoms with Gasteiger partial charge in [-0.1, -0.05) is 18.0 Å². The van der Waals surface area contributed by atoms with Crippen LogP contribution in [0.25, 0.3) is 0 Å². The van der Waals surface area contributed by atoms with Gasteiger partial charge in [0.1, 0.15) is 5.15 Å². The van der Waals surface area contributed by atoms with Gasteiger partial charge in [-0.3, -0.25) is 9.36 Å². The summed E-state index contributed by atoms with van der Waals surface area (Å²) in [6.45, 7) is 3.90. The van der Waals surface area contributed by atoms with Crippen molar-refractivity contribution >= 4 is 17.4 Å². The summed E-state index contributed by atoms with van der Waals surface area (Å²) in [5.41, 5.74) is -0.287. The molecular weight excluding hydrogens is 280 g/mol. The number of aromatic nitrogens is 2. The summed E-state index contributed by atoms with van der Waals surface area (Å²) in [5, 5.41) is 12.2. The molecule has 1 aromatic rings. The molecule has 0 aromatic carbocycles. The second-order valence-electron chi connectivity index (χ2n) is 4.94. The van der Waals surface area contributed by atoms with Crippen LogP contribution < -0.4 is 10.9 Å². The molecule has 0 bridgehead atoms. The largest absolute Gasteiger partial charge is 0.395 e. The predicted molar refractivity (Wildman–Crippen MR) is 79.4 cm³/mol. The average Bonchev–Trinajstić information content (AvgIpc) is 2.47. The van der Waals surface area contributed by atoms with Gasteiger partial charge in [-0.05, 0) is 25.9 Å². The van der Waals surface area contributed by atoms with E-state index in [2.05, 4.69) is 15.2 Å². The highest BCUT2D eigenvalue weighted by molar-refractivity contribution is 6.29. The number of aliphatic hydroxyl groups excluding tert-OH is 1. The highest BCUT2D eigenvalue weighted by Gasteiger charge is 2.11. The monoisotopic (exact) mass is 300 g/mol. The Kier molecular flexibility index (Phi) is 5.82. The SMILES string of the molecule is O=c1c(NCCN2CCCCC2)ncc(Cl)n1CCO. The quantitative estimate of drug-likeness (QED) is 0.813. The van der Waals surface area contributed by atoms with E-state index in [9.17, 15) is 4.79 Å². The Bertz CT molecular complexity index is 486. The molecule has 0 spiro atoms. The van der Waals surface area contributed by atoms with E-state index < -0.39 is 0 Å². The lowest BCUT2D eigenvalue weighted by atomic mass is 10.1. The zero-order valence-electron chi connectivity index (χ0n) is 11.5. The fourth-order valence-electron chi connectivity index (χ4n) is 2.41. The van der Waals surface area contributed by atoms with Gasteiger partial charge in [-0.25, -0.2) is 4.98 Å². The molecule has 2 heterocycles. The van der Waals surface area contributed by atoms with Crippen LogP contribution in [0.2, 0.25) is 5.15 Å². The van der Waals surface area contributed by atoms with Gasteiger partial charge in [0.15, 0.2) is 5.82 Å². The van der Waals surface area contributed by atoms with Gasteiger partial charge < -0.3 is 15.3 Å². The number of piperidine rings is 1. The van der Waals surface area contributed by atoms with Gasteiger partial charge in [-0.15, -0.1) is 0 Å². The summed E-state index contributed by atoms with van der Waals surface area (Å²) in [6.07, 6.45) is 5.25. The average molecular weight is 301 g/mol. The molecule has 7 heteroatoms. The lowest BCUT2D eigenvalue weighted by molar-refractivity contribution is 0.237. The van der Waals surface area contributed by atoms with E-state index in [0.29, 0.717) is 12.4 Å². The van der Waals surface area contributed by atoms with Crippen molar-refractivity contribution < 1.29 is 5.11 Å². The van der Waals surface area contributed by atoms with Crippen LogP contribution in [-0.4, -0.2) is 52.3 Å². The Morgan fingerprint density at radius 3 is 2.75 bits per heavy atom. The number of likely N-dealkylation sites (tertiary alicyclic amines) is 1. The molecule has 1 aliphatic heterocycles. The van der Waals surface area contributed by atoms with Crippen molar-refractivity contribution in [3.8, 4) is 0 Å². The van der Waals surface area contributed by atoms with E-state index in [1.807, 2.05) is 0 Å². The highest BCUT2D eigenvalue weighted by atomic mass is 35.5. The molecule has 2 N–H and O–H groups in total. The molecular formula is C13H21ClN4O2. The topological polar surface area (TPSA) is 70.4 Å². The molecule has 0 amide bonds. The van der Waals surface area contributed by atoms with E-state index in [1.165, 1.54) is 30.0 Å². The van der Waals surface area contributed by atoms with Crippen molar-refractivity contribution in [3.05, 3.63) is 21.7 Å². The van der Waals surface area contributed by atoms with Crippen molar-refractivity contribution in [2.24, 2.45) is 0 Å². The van der Waals surface area contributed by atoms with Crippen molar-refractivity contribution in [1.29, 1.82) is 0 Å². The Labute approximate surface area is 123 Å². The summed E-state index contributed by atoms with van der Waals surface area (Å²) in [6, 6.07) is 0. The second-order valence-corrected chi connectivity index (χ2v) is 5.33. The molecule has 1 saturated heterocycles. The molecule has 1 fully saturated rings. The summed E-state index contributed by atoms with van der Waals surface area (Å²) in [5.74, 6) is 0.292. The number of rotatable bonds is 6. The number of hydrogen-bond acceptors (Lipinski definition) is 5. The fraction of sp³-hybridized carbons (Fsp3) is 0.692. The molecule has 0 radical (unpaired) electrons. The molecule has 20 heavy (non-hydrogen) atoms. The number of nitrogens with zero attached hydrogens (tertiary/aromatic N) is 3. The lowest BCUT2D eigenvalue weighted by Gasteiger charge is -2.26. The third-order valence-corrected chi connectivity index (χ3v) is 3.80. The molecule has 0 atom stereocenters. The summed E-state index contributed by atoms with van der Waals surface area (Å²) < 4.78 is 1.32. The molecule has 0 unspecified atom stereocenters. The maximum atomic E-state index is 12.1. The maximum Gasteiger partial charge on any atom is 0.294 e. The lowest BCUT2D eigenvalue weighted by Crippen LogP contribution is -2.35. The Balaban J connectivity index is 1.92. The minimum Gasteiger partial charge on any atom is -0.395 e. The van der Waals surface area contributed by atoms with Crippen LogP contribution in [0, 0.1) is 0 Å². The van der Waals surface area contributed by atoms with Crippen LogP contribution >= 0.6 is 11.6 Å². The van der Waals surface area contributed by atoms with Crippen LogP contribution in [0.15, 0.2) is 11.0 Å². The molecule has 1 aliphatic rings. The van der Waals surface area contributed by atoms with E-state index in [-0.39, 0.29) is 23.9 Å². The first-order valence-corrected chi connectivity index (χ1v) is 7.42. The first kappa shape index (κ1) is 15.3. The molecule has 112 valence electrons. The highest BCUT2D eigenvalue weighted by Crippen LogP contribution is 2.08. The zero-order chi connectivity index (χ0) is 14.4. The summed E-state index contributed by atoms with van der Waals surface area (Å²) >= 11 is 5.89. The maximum absolute atomic E-state index is 12.1. The predicted octanol–water partition coefficient (Wildman–Crippen LogP) is 0.787. The number of anilines is 1. The Hall–Kier alpha value is -1.11. The zero-order valence-corrected chi connectivity index (χ0v) is 12.3. The molecule has 2 rings (SSSR count). The van der Waals surface area contributed by atoms with Crippen molar-refractivity contribution in [1.82, 2.24) is 14.5 Å².